The molecule has 0 bridgehead atoms. The average molecular weight is 298 g/mol. The summed E-state index contributed by atoms with van der Waals surface area (Å²) in [6, 6.07) is 4.37. The molecule has 21 heavy (non-hydrogen) atoms. The van der Waals surface area contributed by atoms with Crippen LogP contribution < -0.4 is 15.8 Å². The molecule has 1 atom stereocenters. The summed E-state index contributed by atoms with van der Waals surface area (Å²) in [4.78, 5) is 9.60. The SMILES string of the molecule is CC(C)(C)OC=O.Nc1ccc(F)c(O[C@@H]2CCNC2)c1. The van der Waals surface area contributed by atoms with Crippen LogP contribution in [0.25, 0.3) is 0 Å². The van der Waals surface area contributed by atoms with Gasteiger partial charge in [-0.3, -0.25) is 4.79 Å². The Morgan fingerprint density at radius 2 is 2.14 bits per heavy atom. The fourth-order valence-corrected chi connectivity index (χ4v) is 1.66. The standard InChI is InChI=1S/C10H13FN2O.C5H10O2/c11-9-2-1-7(12)5-10(9)14-8-3-4-13-6-8;1-5(2,3)7-4-6/h1-2,5,8,13H,3-4,6,12H2;4H,1-3H3/t8-;/m1./s1. The van der Waals surface area contributed by atoms with E-state index >= 15 is 0 Å². The molecule has 1 saturated heterocycles. The van der Waals surface area contributed by atoms with Gasteiger partial charge in [-0.05, 0) is 45.9 Å². The van der Waals surface area contributed by atoms with E-state index in [1.807, 2.05) is 20.8 Å². The first-order valence-corrected chi connectivity index (χ1v) is 6.85. The number of hydrogen-bond donors (Lipinski definition) is 2. The van der Waals surface area contributed by atoms with Crippen LogP contribution in [0.1, 0.15) is 27.2 Å². The number of anilines is 1. The van der Waals surface area contributed by atoms with Crippen molar-refractivity contribution in [1.29, 1.82) is 0 Å². The second kappa shape index (κ2) is 7.83. The van der Waals surface area contributed by atoms with Crippen LogP contribution in [0.3, 0.4) is 0 Å². The van der Waals surface area contributed by atoms with Crippen molar-refractivity contribution in [3.05, 3.63) is 24.0 Å². The molecule has 1 aromatic rings. The maximum absolute atomic E-state index is 13.2. The Hall–Kier alpha value is -1.82. The molecular formula is C15H23FN2O3. The predicted molar refractivity (Wildman–Crippen MR) is 79.6 cm³/mol. The minimum Gasteiger partial charge on any atom is -0.486 e. The number of rotatable bonds is 3. The minimum atomic E-state index is -0.355. The number of nitrogens with two attached hydrogens (primary N) is 1. The zero-order valence-electron chi connectivity index (χ0n) is 12.7. The molecule has 1 aliphatic heterocycles. The molecule has 0 spiro atoms. The van der Waals surface area contributed by atoms with Crippen molar-refractivity contribution in [3.63, 3.8) is 0 Å². The molecule has 0 saturated carbocycles. The Morgan fingerprint density at radius 1 is 1.43 bits per heavy atom. The molecular weight excluding hydrogens is 275 g/mol. The highest BCUT2D eigenvalue weighted by Gasteiger charge is 2.17. The van der Waals surface area contributed by atoms with E-state index in [0.29, 0.717) is 12.2 Å². The van der Waals surface area contributed by atoms with Gasteiger partial charge in [-0.1, -0.05) is 0 Å². The van der Waals surface area contributed by atoms with Gasteiger partial charge >= 0.3 is 0 Å². The van der Waals surface area contributed by atoms with E-state index in [9.17, 15) is 9.18 Å². The van der Waals surface area contributed by atoms with Crippen molar-refractivity contribution in [2.45, 2.75) is 38.9 Å². The highest BCUT2D eigenvalue weighted by atomic mass is 19.1. The lowest BCUT2D eigenvalue weighted by Crippen LogP contribution is -2.20. The molecule has 5 nitrogen and oxygen atoms in total. The molecule has 118 valence electrons. The third kappa shape index (κ3) is 6.94. The Morgan fingerprint density at radius 3 is 2.62 bits per heavy atom. The zero-order chi connectivity index (χ0) is 15.9. The Bertz CT molecular complexity index is 455. The fourth-order valence-electron chi connectivity index (χ4n) is 1.66. The van der Waals surface area contributed by atoms with E-state index in [0.717, 1.165) is 19.5 Å². The van der Waals surface area contributed by atoms with E-state index in [2.05, 4.69) is 10.1 Å². The first kappa shape index (κ1) is 17.2. The number of nitrogen functional groups attached to an aromatic ring is 1. The number of halogens is 1. The molecule has 0 amide bonds. The maximum atomic E-state index is 13.2. The smallest absolute Gasteiger partial charge is 0.293 e. The van der Waals surface area contributed by atoms with Crippen LogP contribution in [0.4, 0.5) is 10.1 Å². The molecule has 0 aliphatic carbocycles. The normalized spacial score (nSPS) is 17.6. The lowest BCUT2D eigenvalue weighted by atomic mass is 10.2. The number of carbonyl (C=O) groups excluding carboxylic acids is 1. The summed E-state index contributed by atoms with van der Waals surface area (Å²) in [5.41, 5.74) is 5.74. The quantitative estimate of drug-likeness (QED) is 0.660. The number of ether oxygens (including phenoxy) is 2. The number of nitrogens with one attached hydrogen (secondary N) is 1. The van der Waals surface area contributed by atoms with Gasteiger partial charge in [0.05, 0.1) is 0 Å². The van der Waals surface area contributed by atoms with Crippen molar-refractivity contribution < 1.29 is 18.7 Å². The van der Waals surface area contributed by atoms with Crippen molar-refractivity contribution in [2.75, 3.05) is 18.8 Å². The van der Waals surface area contributed by atoms with Crippen LogP contribution in [0.2, 0.25) is 0 Å². The number of carbonyl (C=O) groups is 1. The minimum absolute atomic E-state index is 0.0614. The monoisotopic (exact) mass is 298 g/mol. The molecule has 0 unspecified atom stereocenters. The number of benzene rings is 1. The van der Waals surface area contributed by atoms with Crippen molar-refractivity contribution >= 4 is 12.2 Å². The summed E-state index contributed by atoms with van der Waals surface area (Å²) < 4.78 is 23.2. The summed E-state index contributed by atoms with van der Waals surface area (Å²) in [5, 5.41) is 3.15. The highest BCUT2D eigenvalue weighted by Crippen LogP contribution is 2.22. The van der Waals surface area contributed by atoms with Gasteiger partial charge in [-0.2, -0.15) is 0 Å². The molecule has 1 aliphatic rings. The van der Waals surface area contributed by atoms with Gasteiger partial charge in [-0.15, -0.1) is 0 Å². The topological polar surface area (TPSA) is 73.6 Å². The van der Waals surface area contributed by atoms with Crippen LogP contribution in [0.5, 0.6) is 5.75 Å². The Balaban J connectivity index is 0.000000270. The summed E-state index contributed by atoms with van der Waals surface area (Å²) in [6.45, 7) is 7.62. The van der Waals surface area contributed by atoms with Crippen LogP contribution in [0.15, 0.2) is 18.2 Å². The van der Waals surface area contributed by atoms with E-state index in [1.165, 1.54) is 18.2 Å². The van der Waals surface area contributed by atoms with Gasteiger partial charge < -0.3 is 20.5 Å². The molecule has 3 N–H and O–H groups in total. The van der Waals surface area contributed by atoms with Crippen LogP contribution in [-0.4, -0.2) is 31.3 Å². The molecule has 1 aromatic carbocycles. The fraction of sp³-hybridized carbons (Fsp3) is 0.533. The first-order chi connectivity index (χ1) is 9.81. The average Bonchev–Trinajstić information content (AvgIpc) is 2.86. The molecule has 1 heterocycles. The van der Waals surface area contributed by atoms with Crippen LogP contribution >= 0.6 is 0 Å². The van der Waals surface area contributed by atoms with Gasteiger partial charge in [-0.25, -0.2) is 4.39 Å². The van der Waals surface area contributed by atoms with Gasteiger partial charge in [0.25, 0.3) is 6.47 Å². The van der Waals surface area contributed by atoms with E-state index in [1.54, 1.807) is 0 Å². The predicted octanol–water partition coefficient (Wildman–Crippen LogP) is 2.11. The van der Waals surface area contributed by atoms with Crippen molar-refractivity contribution in [1.82, 2.24) is 5.32 Å². The number of hydrogen-bond acceptors (Lipinski definition) is 5. The molecule has 0 radical (unpaired) electrons. The van der Waals surface area contributed by atoms with Crippen molar-refractivity contribution in [3.8, 4) is 5.75 Å². The van der Waals surface area contributed by atoms with E-state index in [-0.39, 0.29) is 23.3 Å². The van der Waals surface area contributed by atoms with E-state index < -0.39 is 0 Å². The van der Waals surface area contributed by atoms with Crippen molar-refractivity contribution in [2.24, 2.45) is 0 Å². The van der Waals surface area contributed by atoms with Gasteiger partial charge in [0, 0.05) is 18.3 Å². The molecule has 6 heteroatoms. The lowest BCUT2D eigenvalue weighted by Gasteiger charge is -2.14. The Labute approximate surface area is 124 Å². The van der Waals surface area contributed by atoms with Gasteiger partial charge in [0.1, 0.15) is 11.7 Å². The van der Waals surface area contributed by atoms with Gasteiger partial charge in [0.2, 0.25) is 0 Å². The summed E-state index contributed by atoms with van der Waals surface area (Å²) in [5.74, 6) is -0.107. The molecule has 0 aromatic heterocycles. The van der Waals surface area contributed by atoms with Gasteiger partial charge in [0.15, 0.2) is 11.6 Å². The first-order valence-electron chi connectivity index (χ1n) is 6.85. The summed E-state index contributed by atoms with van der Waals surface area (Å²) in [7, 11) is 0. The Kier molecular flexibility index (Phi) is 6.42. The summed E-state index contributed by atoms with van der Waals surface area (Å²) >= 11 is 0. The summed E-state index contributed by atoms with van der Waals surface area (Å²) in [6.07, 6.45) is 0.972. The third-order valence-electron chi connectivity index (χ3n) is 2.67. The second-order valence-corrected chi connectivity index (χ2v) is 5.75. The van der Waals surface area contributed by atoms with E-state index in [4.69, 9.17) is 10.5 Å². The van der Waals surface area contributed by atoms with Crippen LogP contribution in [-0.2, 0) is 9.53 Å². The largest absolute Gasteiger partial charge is 0.486 e. The second-order valence-electron chi connectivity index (χ2n) is 5.75. The molecule has 2 rings (SSSR count). The molecule has 1 fully saturated rings. The maximum Gasteiger partial charge on any atom is 0.293 e. The highest BCUT2D eigenvalue weighted by molar-refractivity contribution is 5.44. The lowest BCUT2D eigenvalue weighted by molar-refractivity contribution is -0.138. The third-order valence-corrected chi connectivity index (χ3v) is 2.67. The van der Waals surface area contributed by atoms with Crippen LogP contribution in [0, 0.1) is 5.82 Å². The zero-order valence-corrected chi connectivity index (χ0v) is 12.7.